The Morgan fingerprint density at radius 3 is 1.50 bits per heavy atom. The van der Waals surface area contributed by atoms with E-state index in [9.17, 15) is 0 Å². The highest BCUT2D eigenvalue weighted by molar-refractivity contribution is 5.01. The Hall–Kier alpha value is -0.600. The van der Waals surface area contributed by atoms with Crippen molar-refractivity contribution in [2.75, 3.05) is 27.2 Å². The van der Waals surface area contributed by atoms with E-state index in [0.29, 0.717) is 13.1 Å². The molecule has 4 nitrogen and oxygen atoms in total. The molecule has 0 spiro atoms. The lowest BCUT2D eigenvalue weighted by Gasteiger charge is -2.03. The molecular formula is C6H14N4. The van der Waals surface area contributed by atoms with Crippen molar-refractivity contribution in [3.63, 3.8) is 0 Å². The highest BCUT2D eigenvalue weighted by atomic mass is 15.4. The Kier molecular flexibility index (Phi) is 4.89. The van der Waals surface area contributed by atoms with Crippen LogP contribution in [0.1, 0.15) is 0 Å². The van der Waals surface area contributed by atoms with Gasteiger partial charge in [-0.1, -0.05) is 11.8 Å². The van der Waals surface area contributed by atoms with Crippen molar-refractivity contribution in [1.29, 1.82) is 0 Å². The van der Waals surface area contributed by atoms with Gasteiger partial charge in [0.05, 0.1) is 13.1 Å². The number of hydrogen-bond donors (Lipinski definition) is 2. The minimum Gasteiger partial charge on any atom is -0.268 e. The van der Waals surface area contributed by atoms with Gasteiger partial charge in [-0.25, -0.2) is 10.0 Å². The predicted octanol–water partition coefficient (Wildman–Crippen LogP) is -1.40. The number of hydrazine groups is 2. The van der Waals surface area contributed by atoms with E-state index < -0.39 is 0 Å². The summed E-state index contributed by atoms with van der Waals surface area (Å²) in [6.45, 7) is 1.15. The van der Waals surface area contributed by atoms with Gasteiger partial charge in [0.2, 0.25) is 0 Å². The standard InChI is InChI=1S/C6H14N4/c1-9(7)5-3-4-6-10(2)8/h5-8H2,1-2H3. The van der Waals surface area contributed by atoms with Crippen LogP contribution in [0.3, 0.4) is 0 Å². The zero-order valence-corrected chi connectivity index (χ0v) is 6.46. The number of nitrogens with zero attached hydrogens (tertiary/aromatic N) is 2. The first-order chi connectivity index (χ1) is 4.63. The molecule has 10 heavy (non-hydrogen) atoms. The van der Waals surface area contributed by atoms with E-state index in [-0.39, 0.29) is 0 Å². The normalized spacial score (nSPS) is 9.80. The second-order valence-corrected chi connectivity index (χ2v) is 2.18. The van der Waals surface area contributed by atoms with E-state index in [1.54, 1.807) is 14.1 Å². The SMILES string of the molecule is CN(N)CC#CCN(C)N. The molecule has 0 heterocycles. The molecule has 4 N–H and O–H groups in total. The summed E-state index contributed by atoms with van der Waals surface area (Å²) in [5.41, 5.74) is 0. The molecule has 0 amide bonds. The van der Waals surface area contributed by atoms with Crippen LogP contribution in [0.25, 0.3) is 0 Å². The van der Waals surface area contributed by atoms with Crippen LogP contribution in [-0.2, 0) is 0 Å². The second-order valence-electron chi connectivity index (χ2n) is 2.18. The third kappa shape index (κ3) is 7.40. The van der Waals surface area contributed by atoms with Gasteiger partial charge in [-0.3, -0.25) is 11.7 Å². The van der Waals surface area contributed by atoms with E-state index >= 15 is 0 Å². The molecule has 0 atom stereocenters. The molecule has 0 bridgehead atoms. The van der Waals surface area contributed by atoms with Crippen molar-refractivity contribution in [2.45, 2.75) is 0 Å². The lowest BCUT2D eigenvalue weighted by Crippen LogP contribution is -2.27. The molecule has 0 saturated carbocycles. The molecule has 0 fully saturated rings. The first-order valence-electron chi connectivity index (χ1n) is 3.00. The first-order valence-corrected chi connectivity index (χ1v) is 3.00. The predicted molar refractivity (Wildman–Crippen MR) is 41.4 cm³/mol. The van der Waals surface area contributed by atoms with Crippen molar-refractivity contribution >= 4 is 0 Å². The molecular weight excluding hydrogens is 128 g/mol. The zero-order valence-electron chi connectivity index (χ0n) is 6.46. The van der Waals surface area contributed by atoms with Gasteiger partial charge in [-0.05, 0) is 0 Å². The van der Waals surface area contributed by atoms with Crippen molar-refractivity contribution < 1.29 is 0 Å². The summed E-state index contributed by atoms with van der Waals surface area (Å²) in [5, 5.41) is 3.03. The minimum atomic E-state index is 0.577. The van der Waals surface area contributed by atoms with Crippen LogP contribution in [0, 0.1) is 11.8 Å². The summed E-state index contributed by atoms with van der Waals surface area (Å²) >= 11 is 0. The Bertz CT molecular complexity index is 116. The molecule has 0 aromatic rings. The van der Waals surface area contributed by atoms with Crippen LogP contribution in [0.4, 0.5) is 0 Å². The van der Waals surface area contributed by atoms with Crippen LogP contribution in [0.2, 0.25) is 0 Å². The fourth-order valence-electron chi connectivity index (χ4n) is 0.361. The fraction of sp³-hybridized carbons (Fsp3) is 0.667. The van der Waals surface area contributed by atoms with E-state index in [1.807, 2.05) is 0 Å². The van der Waals surface area contributed by atoms with Gasteiger partial charge < -0.3 is 0 Å². The molecule has 4 heteroatoms. The zero-order chi connectivity index (χ0) is 7.98. The van der Waals surface area contributed by atoms with E-state index in [0.717, 1.165) is 0 Å². The Balaban J connectivity index is 3.32. The van der Waals surface area contributed by atoms with E-state index in [2.05, 4.69) is 11.8 Å². The average Bonchev–Trinajstić information content (AvgIpc) is 1.79. The van der Waals surface area contributed by atoms with Gasteiger partial charge in [-0.15, -0.1) is 0 Å². The van der Waals surface area contributed by atoms with Crippen LogP contribution < -0.4 is 11.7 Å². The maximum atomic E-state index is 5.30. The van der Waals surface area contributed by atoms with Gasteiger partial charge in [0, 0.05) is 14.1 Å². The molecule has 0 unspecified atom stereocenters. The molecule has 58 valence electrons. The summed E-state index contributed by atoms with van der Waals surface area (Å²) in [6.07, 6.45) is 0. The Labute approximate surface area is 61.7 Å². The summed E-state index contributed by atoms with van der Waals surface area (Å²) < 4.78 is 0. The van der Waals surface area contributed by atoms with Crippen molar-refractivity contribution in [1.82, 2.24) is 10.0 Å². The largest absolute Gasteiger partial charge is 0.268 e. The molecule has 0 aromatic carbocycles. The van der Waals surface area contributed by atoms with Crippen LogP contribution in [0.5, 0.6) is 0 Å². The maximum Gasteiger partial charge on any atom is 0.0737 e. The summed E-state index contributed by atoms with van der Waals surface area (Å²) in [4.78, 5) is 0. The van der Waals surface area contributed by atoms with Gasteiger partial charge in [0.15, 0.2) is 0 Å². The summed E-state index contributed by atoms with van der Waals surface area (Å²) in [6, 6.07) is 0. The van der Waals surface area contributed by atoms with Crippen LogP contribution >= 0.6 is 0 Å². The van der Waals surface area contributed by atoms with E-state index in [4.69, 9.17) is 11.7 Å². The van der Waals surface area contributed by atoms with Crippen molar-refractivity contribution in [3.8, 4) is 11.8 Å². The Morgan fingerprint density at radius 2 is 1.30 bits per heavy atom. The molecule has 0 aliphatic rings. The molecule has 0 saturated heterocycles. The second kappa shape index (κ2) is 5.21. The van der Waals surface area contributed by atoms with Crippen molar-refractivity contribution in [3.05, 3.63) is 0 Å². The molecule has 0 aromatic heterocycles. The van der Waals surface area contributed by atoms with Gasteiger partial charge >= 0.3 is 0 Å². The van der Waals surface area contributed by atoms with Crippen molar-refractivity contribution in [2.24, 2.45) is 11.7 Å². The topological polar surface area (TPSA) is 58.5 Å². The molecule has 0 aliphatic heterocycles. The van der Waals surface area contributed by atoms with Gasteiger partial charge in [0.25, 0.3) is 0 Å². The third-order valence-corrected chi connectivity index (χ3v) is 0.782. The quantitative estimate of drug-likeness (QED) is 0.283. The smallest absolute Gasteiger partial charge is 0.0737 e. The minimum absolute atomic E-state index is 0.577. The lowest BCUT2D eigenvalue weighted by molar-refractivity contribution is 0.389. The van der Waals surface area contributed by atoms with Crippen LogP contribution in [-0.4, -0.2) is 37.2 Å². The van der Waals surface area contributed by atoms with Gasteiger partial charge in [-0.2, -0.15) is 0 Å². The molecule has 0 radical (unpaired) electrons. The fourth-order valence-corrected chi connectivity index (χ4v) is 0.361. The van der Waals surface area contributed by atoms with Crippen LogP contribution in [0.15, 0.2) is 0 Å². The Morgan fingerprint density at radius 1 is 1.00 bits per heavy atom. The third-order valence-electron chi connectivity index (χ3n) is 0.782. The molecule has 0 aliphatic carbocycles. The van der Waals surface area contributed by atoms with E-state index in [1.165, 1.54) is 10.0 Å². The first kappa shape index (κ1) is 9.40. The highest BCUT2D eigenvalue weighted by Crippen LogP contribution is 1.67. The highest BCUT2D eigenvalue weighted by Gasteiger charge is 1.82. The number of nitrogens with two attached hydrogens (primary N) is 2. The molecule has 0 rings (SSSR count). The maximum absolute atomic E-state index is 5.30. The monoisotopic (exact) mass is 142 g/mol. The number of hydrogen-bond acceptors (Lipinski definition) is 4. The van der Waals surface area contributed by atoms with Gasteiger partial charge in [0.1, 0.15) is 0 Å². The number of rotatable bonds is 2. The average molecular weight is 142 g/mol. The summed E-state index contributed by atoms with van der Waals surface area (Å²) in [5.74, 6) is 16.3. The summed E-state index contributed by atoms with van der Waals surface area (Å²) in [7, 11) is 3.53. The lowest BCUT2D eigenvalue weighted by atomic mass is 10.5.